The normalized spacial score (nSPS) is 34.2. The van der Waals surface area contributed by atoms with Crippen LogP contribution in [0.3, 0.4) is 0 Å². The lowest BCUT2D eigenvalue weighted by Gasteiger charge is -2.17. The number of fused-ring (bicyclic) bond motifs is 6. The Morgan fingerprint density at radius 2 is 1.14 bits per heavy atom. The molecule has 3 aliphatic rings. The van der Waals surface area contributed by atoms with Gasteiger partial charge in [0, 0.05) is 9.13 Å². The lowest BCUT2D eigenvalue weighted by molar-refractivity contribution is -0.0575. The van der Waals surface area contributed by atoms with E-state index in [9.17, 15) is 19.3 Å². The zero-order valence-corrected chi connectivity index (χ0v) is 22.9. The second kappa shape index (κ2) is 10.7. The topological polar surface area (TPSA) is 269 Å². The van der Waals surface area contributed by atoms with E-state index in [-0.39, 0.29) is 34.0 Å². The van der Waals surface area contributed by atoms with Crippen LogP contribution in [0.5, 0.6) is 0 Å². The van der Waals surface area contributed by atoms with Gasteiger partial charge in [0.2, 0.25) is 0 Å². The van der Waals surface area contributed by atoms with Crippen LogP contribution in [0, 0.1) is 0 Å². The summed E-state index contributed by atoms with van der Waals surface area (Å²) in [7, 11) is -5.80. The fourth-order valence-electron chi connectivity index (χ4n) is 5.03. The highest BCUT2D eigenvalue weighted by Gasteiger charge is 2.56. The molecule has 3 fully saturated rings. The minimum absolute atomic E-state index is 0.114. The summed E-state index contributed by atoms with van der Waals surface area (Å²) in [6.45, 7) is -0.882. The van der Waals surface area contributed by atoms with Gasteiger partial charge in [0.05, 0.1) is 12.7 Å². The third kappa shape index (κ3) is 4.58. The Hall–Kier alpha value is -3.42. The number of aliphatic hydroxyl groups is 2. The number of imidazole rings is 2. The molecule has 4 aromatic heterocycles. The molecule has 6 N–H and O–H groups in total. The number of nitrogens with zero attached hydrogens (tertiary/aromatic N) is 8. The number of nitrogen functional groups attached to an aromatic ring is 2. The number of ether oxygens (including phenoxy) is 2. The van der Waals surface area contributed by atoms with E-state index in [0.717, 1.165) is 0 Å². The Morgan fingerprint density at radius 1 is 0.714 bits per heavy atom. The molecule has 10 atom stereocenters. The highest BCUT2D eigenvalue weighted by atomic mass is 31.1. The summed E-state index contributed by atoms with van der Waals surface area (Å²) in [5, 5.41) is 22.1. The van der Waals surface area contributed by atoms with Crippen molar-refractivity contribution in [1.82, 2.24) is 39.0 Å². The first-order valence-electron chi connectivity index (χ1n) is 12.4. The Labute approximate surface area is 235 Å². The molecule has 0 spiro atoms. The SMILES string of the molecule is Nc1ncnc2c1ncn2[C@@H]1O[C@@H]2CO[P+](=O)O[C@@H]3[C@H](O)[C@@H](CO[P+](=O)O[C@@H]1[C@@H]2O)O[C@H]3n1cnc2c(N)ncnc21. The van der Waals surface area contributed by atoms with Crippen molar-refractivity contribution in [3.05, 3.63) is 25.3 Å². The largest absolute Gasteiger partial charge is 0.698 e. The van der Waals surface area contributed by atoms with Crippen LogP contribution in [0.2, 0.25) is 0 Å². The lowest BCUT2D eigenvalue weighted by atomic mass is 10.1. The molecule has 3 saturated heterocycles. The van der Waals surface area contributed by atoms with Crippen LogP contribution in [0.4, 0.5) is 11.6 Å². The molecule has 3 aliphatic heterocycles. The van der Waals surface area contributed by atoms with E-state index in [0.29, 0.717) is 0 Å². The third-order valence-corrected chi connectivity index (χ3v) is 8.60. The minimum Gasteiger partial charge on any atom is -0.387 e. The fourth-order valence-corrected chi connectivity index (χ4v) is 6.54. The van der Waals surface area contributed by atoms with Gasteiger partial charge in [-0.15, -0.1) is 18.1 Å². The Bertz CT molecular complexity index is 1570. The van der Waals surface area contributed by atoms with Crippen LogP contribution in [0.1, 0.15) is 12.5 Å². The monoisotopic (exact) mass is 624 g/mol. The second-order valence-electron chi connectivity index (χ2n) is 9.46. The Morgan fingerprint density at radius 3 is 1.57 bits per heavy atom. The average molecular weight is 624 g/mol. The maximum Gasteiger partial charge on any atom is 0.698 e. The summed E-state index contributed by atoms with van der Waals surface area (Å²) in [4.78, 5) is 24.5. The van der Waals surface area contributed by atoms with Gasteiger partial charge >= 0.3 is 16.5 Å². The van der Waals surface area contributed by atoms with Crippen molar-refractivity contribution >= 4 is 50.5 Å². The Balaban J connectivity index is 1.17. The zero-order valence-electron chi connectivity index (χ0n) is 21.1. The standard InChI is InChI=1S/C20H22N10O10P2/c21-15-9-17(25-3-23-15)29(5-27-9)19-13-11(31)7(37-19)1-35-41(33)39-14-12(32)8(2-36-42(34)40-13)38-20(14)30-6-28-10-16(22)24-4-26-18(10)30/h3-8,11-14,19-20,31-32H,1-2H2,(H2,21,23,25)(H2,22,24,26)/q+2/t7-,8-,11-,12-,13-,14-,19-,20-/m1/s1. The van der Waals surface area contributed by atoms with Crippen LogP contribution >= 0.6 is 16.5 Å². The van der Waals surface area contributed by atoms with Gasteiger partial charge < -0.3 is 31.2 Å². The maximum absolute atomic E-state index is 12.9. The molecule has 0 amide bonds. The molecule has 0 radical (unpaired) electrons. The number of hydrogen-bond acceptors (Lipinski definition) is 18. The molecule has 4 bridgehead atoms. The van der Waals surface area contributed by atoms with E-state index in [1.54, 1.807) is 0 Å². The second-order valence-corrected chi connectivity index (χ2v) is 11.3. The van der Waals surface area contributed by atoms with Gasteiger partial charge in [-0.1, -0.05) is 0 Å². The van der Waals surface area contributed by atoms with Crippen LogP contribution in [-0.4, -0.2) is 99.1 Å². The summed E-state index contributed by atoms with van der Waals surface area (Å²) in [6.07, 6.45) is -4.76. The van der Waals surface area contributed by atoms with Gasteiger partial charge in [-0.3, -0.25) is 9.13 Å². The quantitative estimate of drug-likeness (QED) is 0.204. The summed E-state index contributed by atoms with van der Waals surface area (Å²) in [6, 6.07) is 0. The van der Waals surface area contributed by atoms with Crippen molar-refractivity contribution in [3.63, 3.8) is 0 Å². The van der Waals surface area contributed by atoms with Gasteiger partial charge in [0.15, 0.2) is 47.6 Å². The zero-order chi connectivity index (χ0) is 29.1. The molecule has 7 heterocycles. The first kappa shape index (κ1) is 27.4. The molecule has 22 heteroatoms. The number of aromatic nitrogens is 8. The Kier molecular flexibility index (Phi) is 6.98. The molecule has 20 nitrogen and oxygen atoms in total. The lowest BCUT2D eigenvalue weighted by Crippen LogP contribution is -2.36. The minimum atomic E-state index is -2.90. The summed E-state index contributed by atoms with van der Waals surface area (Å²) in [5.74, 6) is 0.228. The number of aliphatic hydroxyl groups excluding tert-OH is 2. The van der Waals surface area contributed by atoms with E-state index in [4.69, 9.17) is 39.0 Å². The predicted molar refractivity (Wildman–Crippen MR) is 136 cm³/mol. The molecular formula is C20H22N10O10P2+2. The summed E-state index contributed by atoms with van der Waals surface area (Å²) >= 11 is 0. The van der Waals surface area contributed by atoms with Crippen LogP contribution < -0.4 is 11.5 Å². The van der Waals surface area contributed by atoms with E-state index in [1.807, 2.05) is 0 Å². The van der Waals surface area contributed by atoms with Gasteiger partial charge in [-0.05, 0) is 0 Å². The highest BCUT2D eigenvalue weighted by molar-refractivity contribution is 7.33. The summed E-state index contributed by atoms with van der Waals surface area (Å²) in [5.41, 5.74) is 12.8. The van der Waals surface area contributed by atoms with Crippen molar-refractivity contribution in [3.8, 4) is 0 Å². The maximum atomic E-state index is 12.9. The molecule has 0 saturated carbocycles. The van der Waals surface area contributed by atoms with Crippen LogP contribution in [0.25, 0.3) is 22.3 Å². The van der Waals surface area contributed by atoms with Crippen LogP contribution in [-0.2, 0) is 36.7 Å². The van der Waals surface area contributed by atoms with Crippen molar-refractivity contribution in [2.45, 2.75) is 49.1 Å². The van der Waals surface area contributed by atoms with Crippen molar-refractivity contribution in [1.29, 1.82) is 0 Å². The molecule has 7 rings (SSSR count). The number of hydrogen-bond donors (Lipinski definition) is 4. The molecule has 4 aromatic rings. The van der Waals surface area contributed by atoms with Gasteiger partial charge in [0.1, 0.15) is 61.3 Å². The first-order valence-corrected chi connectivity index (χ1v) is 14.6. The predicted octanol–water partition coefficient (Wildman–Crippen LogP) is -0.521. The van der Waals surface area contributed by atoms with E-state index >= 15 is 0 Å². The highest BCUT2D eigenvalue weighted by Crippen LogP contribution is 2.44. The van der Waals surface area contributed by atoms with Gasteiger partial charge in [-0.2, -0.15) is 0 Å². The van der Waals surface area contributed by atoms with Gasteiger partial charge in [-0.25, -0.2) is 29.9 Å². The van der Waals surface area contributed by atoms with E-state index < -0.39 is 78.8 Å². The number of rotatable bonds is 2. The van der Waals surface area contributed by atoms with Gasteiger partial charge in [0.25, 0.3) is 0 Å². The number of anilines is 2. The smallest absolute Gasteiger partial charge is 0.387 e. The molecule has 42 heavy (non-hydrogen) atoms. The molecule has 220 valence electrons. The molecule has 2 unspecified atom stereocenters. The summed E-state index contributed by atoms with van der Waals surface area (Å²) < 4.78 is 62.7. The van der Waals surface area contributed by atoms with Crippen LogP contribution in [0.15, 0.2) is 25.3 Å². The van der Waals surface area contributed by atoms with E-state index in [1.165, 1.54) is 34.4 Å². The van der Waals surface area contributed by atoms with Crippen molar-refractivity contribution in [2.24, 2.45) is 0 Å². The van der Waals surface area contributed by atoms with E-state index in [2.05, 4.69) is 29.9 Å². The van der Waals surface area contributed by atoms with Crippen molar-refractivity contribution in [2.75, 3.05) is 24.7 Å². The molecular weight excluding hydrogens is 602 g/mol. The van der Waals surface area contributed by atoms with Crippen molar-refractivity contribution < 1.29 is 46.9 Å². The first-order chi connectivity index (χ1) is 20.3. The number of nitrogens with two attached hydrogens (primary N) is 2. The third-order valence-electron chi connectivity index (χ3n) is 7.05. The molecule has 0 aromatic carbocycles. The molecule has 0 aliphatic carbocycles. The fraction of sp³-hybridized carbons (Fsp3) is 0.500. The average Bonchev–Trinajstić information content (AvgIpc) is 3.73.